The van der Waals surface area contributed by atoms with E-state index in [4.69, 9.17) is 4.52 Å². The van der Waals surface area contributed by atoms with Crippen LogP contribution >= 0.6 is 0 Å². The maximum atomic E-state index is 9.48. The Bertz CT molecular complexity index is 692. The van der Waals surface area contributed by atoms with Crippen LogP contribution in [0, 0.1) is 0 Å². The van der Waals surface area contributed by atoms with Crippen molar-refractivity contribution in [3.8, 4) is 11.4 Å². The summed E-state index contributed by atoms with van der Waals surface area (Å²) in [5, 5.41) is 16.9. The van der Waals surface area contributed by atoms with E-state index in [-0.39, 0.29) is 0 Å². The summed E-state index contributed by atoms with van der Waals surface area (Å²) in [5.74, 6) is 1.70. The molecule has 1 atom stereocenters. The quantitative estimate of drug-likeness (QED) is 0.351. The highest BCUT2D eigenvalue weighted by Crippen LogP contribution is 2.27. The molecule has 5 heteroatoms. The molecule has 0 spiro atoms. The van der Waals surface area contributed by atoms with E-state index in [1.54, 1.807) is 0 Å². The summed E-state index contributed by atoms with van der Waals surface area (Å²) in [6.45, 7) is 7.37. The Morgan fingerprint density at radius 3 is 2.48 bits per heavy atom. The summed E-state index contributed by atoms with van der Waals surface area (Å²) >= 11 is 0. The Balaban J connectivity index is 2.05. The van der Waals surface area contributed by atoms with Crippen molar-refractivity contribution in [2.24, 2.45) is 0 Å². The minimum Gasteiger partial charge on any atom is -0.513 e. The predicted octanol–water partition coefficient (Wildman–Crippen LogP) is 6.06. The normalized spacial score (nSPS) is 12.9. The highest BCUT2D eigenvalue weighted by atomic mass is 16.5. The van der Waals surface area contributed by atoms with Crippen molar-refractivity contribution < 1.29 is 9.63 Å². The van der Waals surface area contributed by atoms with Crippen molar-refractivity contribution in [2.75, 3.05) is 6.54 Å². The maximum Gasteiger partial charge on any atom is 0.230 e. The first-order chi connectivity index (χ1) is 13.2. The molecule has 0 aliphatic heterocycles. The summed E-state index contributed by atoms with van der Waals surface area (Å²) in [7, 11) is 0. The second-order valence-corrected chi connectivity index (χ2v) is 6.96. The van der Waals surface area contributed by atoms with Crippen LogP contribution in [0.4, 0.5) is 0 Å². The lowest BCUT2D eigenvalue weighted by Gasteiger charge is -2.10. The van der Waals surface area contributed by atoms with Crippen LogP contribution in [-0.4, -0.2) is 21.8 Å². The number of hydrogen-bond acceptors (Lipinski definition) is 5. The summed E-state index contributed by atoms with van der Waals surface area (Å²) in [6.07, 6.45) is 9.07. The number of hydrogen-bond donors (Lipinski definition) is 2. The fourth-order valence-corrected chi connectivity index (χ4v) is 3.08. The van der Waals surface area contributed by atoms with Gasteiger partial charge < -0.3 is 14.9 Å². The number of benzene rings is 1. The van der Waals surface area contributed by atoms with Crippen LogP contribution in [0.15, 0.2) is 35.1 Å². The molecule has 1 heterocycles. The molecule has 0 saturated carbocycles. The number of unbranched alkanes of at least 4 members (excludes halogenated alkanes) is 3. The molecule has 5 nitrogen and oxygen atoms in total. The lowest BCUT2D eigenvalue weighted by atomic mass is 9.98. The second kappa shape index (κ2) is 11.4. The lowest BCUT2D eigenvalue weighted by molar-refractivity contribution is 0.339. The molecule has 2 rings (SSSR count). The van der Waals surface area contributed by atoms with Crippen LogP contribution in [-0.2, 0) is 0 Å². The van der Waals surface area contributed by atoms with Gasteiger partial charge in [0.1, 0.15) is 6.26 Å². The fourth-order valence-electron chi connectivity index (χ4n) is 3.08. The van der Waals surface area contributed by atoms with Crippen molar-refractivity contribution in [1.29, 1.82) is 0 Å². The first-order valence-corrected chi connectivity index (χ1v) is 10.3. The first kappa shape index (κ1) is 21.0. The van der Waals surface area contributed by atoms with Gasteiger partial charge in [0.2, 0.25) is 11.7 Å². The summed E-state index contributed by atoms with van der Waals surface area (Å²) < 4.78 is 5.54. The van der Waals surface area contributed by atoms with Crippen LogP contribution in [0.2, 0.25) is 0 Å². The summed E-state index contributed by atoms with van der Waals surface area (Å²) in [6, 6.07) is 7.86. The van der Waals surface area contributed by atoms with Gasteiger partial charge in [0.15, 0.2) is 0 Å². The molecule has 2 N–H and O–H groups in total. The van der Waals surface area contributed by atoms with E-state index in [1.165, 1.54) is 19.3 Å². The number of nitrogens with zero attached hydrogens (tertiary/aromatic N) is 2. The Hall–Kier alpha value is -2.30. The Labute approximate surface area is 162 Å². The molecule has 0 aliphatic rings. The molecule has 0 aliphatic carbocycles. The topological polar surface area (TPSA) is 71.2 Å². The average Bonchev–Trinajstić information content (AvgIpc) is 3.19. The monoisotopic (exact) mass is 371 g/mol. The van der Waals surface area contributed by atoms with Gasteiger partial charge in [-0.1, -0.05) is 75.9 Å². The van der Waals surface area contributed by atoms with Crippen LogP contribution in [0.3, 0.4) is 0 Å². The zero-order chi connectivity index (χ0) is 19.5. The van der Waals surface area contributed by atoms with E-state index in [1.807, 2.05) is 24.3 Å². The van der Waals surface area contributed by atoms with Gasteiger partial charge in [-0.25, -0.2) is 0 Å². The maximum absolute atomic E-state index is 9.48. The molecular formula is C22H33N3O2. The van der Waals surface area contributed by atoms with Crippen LogP contribution < -0.4 is 5.32 Å². The van der Waals surface area contributed by atoms with Gasteiger partial charge in [-0.15, -0.1) is 0 Å². The first-order valence-electron chi connectivity index (χ1n) is 10.3. The zero-order valence-electron chi connectivity index (χ0n) is 16.9. The van der Waals surface area contributed by atoms with E-state index in [2.05, 4.69) is 36.2 Å². The Morgan fingerprint density at radius 2 is 1.85 bits per heavy atom. The van der Waals surface area contributed by atoms with E-state index in [0.29, 0.717) is 11.7 Å². The standard InChI is InChI=1S/C22H33N3O2/c1-4-7-9-10-17(6-3)22-24-21(25-27-22)19-13-11-18(12-14-19)20(16-26)23-15-8-5-2/h11-14,16-17,23,26H,4-10,15H2,1-3H3/b20-16+/t17-/m0/s1. The molecule has 27 heavy (non-hydrogen) atoms. The van der Waals surface area contributed by atoms with E-state index >= 15 is 0 Å². The summed E-state index contributed by atoms with van der Waals surface area (Å²) in [5.41, 5.74) is 2.58. The number of aromatic nitrogens is 2. The van der Waals surface area contributed by atoms with E-state index in [0.717, 1.165) is 61.2 Å². The van der Waals surface area contributed by atoms with Gasteiger partial charge >= 0.3 is 0 Å². The number of rotatable bonds is 12. The number of nitrogens with one attached hydrogen (secondary N) is 1. The highest BCUT2D eigenvalue weighted by molar-refractivity contribution is 5.66. The Kier molecular flexibility index (Phi) is 8.89. The molecule has 1 aromatic carbocycles. The third-order valence-corrected chi connectivity index (χ3v) is 4.87. The van der Waals surface area contributed by atoms with Crippen LogP contribution in [0.1, 0.15) is 83.1 Å². The largest absolute Gasteiger partial charge is 0.513 e. The van der Waals surface area contributed by atoms with Gasteiger partial charge in [-0.2, -0.15) is 4.98 Å². The second-order valence-electron chi connectivity index (χ2n) is 6.96. The van der Waals surface area contributed by atoms with Crippen molar-refractivity contribution in [2.45, 2.75) is 71.6 Å². The summed E-state index contributed by atoms with van der Waals surface area (Å²) in [4.78, 5) is 4.63. The molecular weight excluding hydrogens is 338 g/mol. The molecule has 0 saturated heterocycles. The minimum atomic E-state index is 0.337. The van der Waals surface area contributed by atoms with Crippen LogP contribution in [0.25, 0.3) is 17.1 Å². The van der Waals surface area contributed by atoms with Gasteiger partial charge in [0.05, 0.1) is 5.70 Å². The van der Waals surface area contributed by atoms with Crippen molar-refractivity contribution >= 4 is 5.70 Å². The SMILES string of the molecule is CCCCC[C@H](CC)c1nc(-c2ccc(/C(=C\O)NCCCC)cc2)no1. The molecule has 2 aromatic rings. The third-order valence-electron chi connectivity index (χ3n) is 4.87. The highest BCUT2D eigenvalue weighted by Gasteiger charge is 2.17. The van der Waals surface area contributed by atoms with E-state index < -0.39 is 0 Å². The smallest absolute Gasteiger partial charge is 0.230 e. The van der Waals surface area contributed by atoms with Crippen molar-refractivity contribution in [3.05, 3.63) is 42.0 Å². The lowest BCUT2D eigenvalue weighted by Crippen LogP contribution is -2.13. The molecule has 0 fully saturated rings. The van der Waals surface area contributed by atoms with Gasteiger partial charge in [0.25, 0.3) is 0 Å². The molecule has 1 aromatic heterocycles. The molecule has 0 bridgehead atoms. The van der Waals surface area contributed by atoms with E-state index in [9.17, 15) is 5.11 Å². The van der Waals surface area contributed by atoms with Gasteiger partial charge in [-0.3, -0.25) is 0 Å². The van der Waals surface area contributed by atoms with Crippen molar-refractivity contribution in [1.82, 2.24) is 15.5 Å². The number of aliphatic hydroxyl groups excluding tert-OH is 1. The van der Waals surface area contributed by atoms with Gasteiger partial charge in [-0.05, 0) is 19.3 Å². The molecule has 148 valence electrons. The van der Waals surface area contributed by atoms with Crippen LogP contribution in [0.5, 0.6) is 0 Å². The van der Waals surface area contributed by atoms with Crippen molar-refractivity contribution in [3.63, 3.8) is 0 Å². The van der Waals surface area contributed by atoms with Gasteiger partial charge in [0, 0.05) is 23.6 Å². The fraction of sp³-hybridized carbons (Fsp3) is 0.545. The molecule has 0 amide bonds. The predicted molar refractivity (Wildman–Crippen MR) is 110 cm³/mol. The molecule has 0 radical (unpaired) electrons. The molecule has 0 unspecified atom stereocenters. The number of aliphatic hydroxyl groups is 1. The third kappa shape index (κ3) is 6.12. The average molecular weight is 372 g/mol. The zero-order valence-corrected chi connectivity index (χ0v) is 16.9. The minimum absolute atomic E-state index is 0.337. The Morgan fingerprint density at radius 1 is 1.11 bits per heavy atom.